The predicted octanol–water partition coefficient (Wildman–Crippen LogP) is 5.19. The second kappa shape index (κ2) is 6.13. The van der Waals surface area contributed by atoms with Crippen molar-refractivity contribution in [3.05, 3.63) is 54.1 Å². The fourth-order valence-corrected chi connectivity index (χ4v) is 9.55. The van der Waals surface area contributed by atoms with E-state index in [0.29, 0.717) is 0 Å². The van der Waals surface area contributed by atoms with Crippen LogP contribution in [0.4, 0.5) is 0 Å². The minimum absolute atomic E-state index is 0.763. The van der Waals surface area contributed by atoms with Gasteiger partial charge in [-0.3, -0.25) is 0 Å². The van der Waals surface area contributed by atoms with Crippen molar-refractivity contribution in [2.24, 2.45) is 0 Å². The summed E-state index contributed by atoms with van der Waals surface area (Å²) in [5.74, 6) is 0. The van der Waals surface area contributed by atoms with Crippen molar-refractivity contribution in [1.29, 1.82) is 0 Å². The molecule has 0 spiro atoms. The lowest BCUT2D eigenvalue weighted by Crippen LogP contribution is -2.47. The van der Waals surface area contributed by atoms with Crippen LogP contribution in [0.1, 0.15) is 39.0 Å². The van der Waals surface area contributed by atoms with Crippen molar-refractivity contribution in [3.8, 4) is 0 Å². The smallest absolute Gasteiger partial charge is 0.0797 e. The molecule has 3 rings (SSSR count). The molecule has 1 heteroatoms. The van der Waals surface area contributed by atoms with Gasteiger partial charge in [0.15, 0.2) is 0 Å². The van der Waals surface area contributed by atoms with Crippen molar-refractivity contribution in [1.82, 2.24) is 0 Å². The third kappa shape index (κ3) is 2.56. The maximum absolute atomic E-state index is 2.63. The molecule has 1 aromatic carbocycles. The molecule has 1 aromatic rings. The molecule has 0 saturated carbocycles. The van der Waals surface area contributed by atoms with Gasteiger partial charge >= 0.3 is 0 Å². The van der Waals surface area contributed by atoms with Crippen molar-refractivity contribution < 1.29 is 0 Å². The molecular weight excluding hydrogens is 256 g/mol. The van der Waals surface area contributed by atoms with Gasteiger partial charge < -0.3 is 0 Å². The zero-order valence-corrected chi connectivity index (χ0v) is 13.6. The van der Waals surface area contributed by atoms with E-state index in [4.69, 9.17) is 0 Å². The van der Waals surface area contributed by atoms with Crippen molar-refractivity contribution in [2.45, 2.75) is 56.7 Å². The van der Waals surface area contributed by atoms with Crippen LogP contribution >= 0.6 is 0 Å². The molecule has 0 radical (unpaired) electrons. The first kappa shape index (κ1) is 13.9. The summed E-state index contributed by atoms with van der Waals surface area (Å²) >= 11 is 0. The molecule has 0 aromatic heterocycles. The second-order valence-corrected chi connectivity index (χ2v) is 11.0. The Kier molecular flexibility index (Phi) is 4.26. The summed E-state index contributed by atoms with van der Waals surface area (Å²) in [6, 6.07) is 14.4. The van der Waals surface area contributed by atoms with Gasteiger partial charge in [0.2, 0.25) is 0 Å². The molecule has 106 valence electrons. The largest absolute Gasteiger partial charge is 0.0971 e. The third-order valence-electron chi connectivity index (χ3n) is 5.21. The lowest BCUT2D eigenvalue weighted by Gasteiger charge is -2.32. The Hall–Kier alpha value is -1.08. The van der Waals surface area contributed by atoms with E-state index in [0.717, 1.165) is 5.54 Å². The molecule has 1 aliphatic heterocycles. The highest BCUT2D eigenvalue weighted by atomic mass is 28.3. The van der Waals surface area contributed by atoms with Crippen molar-refractivity contribution in [3.63, 3.8) is 0 Å². The van der Waals surface area contributed by atoms with Gasteiger partial charge in [-0.05, 0) is 18.4 Å². The molecule has 0 N–H and O–H groups in total. The molecule has 1 aliphatic carbocycles. The van der Waals surface area contributed by atoms with Gasteiger partial charge in [-0.15, -0.1) is 0 Å². The van der Waals surface area contributed by atoms with E-state index in [9.17, 15) is 0 Å². The Morgan fingerprint density at radius 2 is 1.85 bits per heavy atom. The van der Waals surface area contributed by atoms with Crippen LogP contribution in [0.15, 0.2) is 54.1 Å². The number of benzene rings is 1. The van der Waals surface area contributed by atoms with Gasteiger partial charge in [-0.1, -0.05) is 97.6 Å². The Bertz CT molecular complexity index is 492. The van der Waals surface area contributed by atoms with E-state index in [1.807, 2.05) is 0 Å². The lowest BCUT2D eigenvalue weighted by atomic mass is 10.1. The molecule has 0 amide bonds. The SMILES string of the molecule is CCCCC1=CC([Si]2(c3ccccc3)CCCC2)C=C1. The minimum Gasteiger partial charge on any atom is -0.0797 e. The first-order valence-electron chi connectivity index (χ1n) is 8.29. The summed E-state index contributed by atoms with van der Waals surface area (Å²) in [5.41, 5.74) is 2.37. The standard InChI is InChI=1S/C19H26Si/c1-2-3-9-17-12-13-19(16-17)20(14-7-8-15-20)18-10-5-4-6-11-18/h4-6,10-13,16,19H,2-3,7-9,14-15H2,1H3. The van der Waals surface area contributed by atoms with Gasteiger partial charge in [0.25, 0.3) is 0 Å². The Labute approximate surface area is 124 Å². The zero-order valence-electron chi connectivity index (χ0n) is 12.6. The monoisotopic (exact) mass is 282 g/mol. The molecule has 1 unspecified atom stereocenters. The van der Waals surface area contributed by atoms with Gasteiger partial charge in [0, 0.05) is 0 Å². The van der Waals surface area contributed by atoms with E-state index in [2.05, 4.69) is 55.5 Å². The maximum atomic E-state index is 2.63. The highest BCUT2D eigenvalue weighted by Gasteiger charge is 2.43. The molecule has 1 fully saturated rings. The first-order chi connectivity index (χ1) is 9.85. The summed E-state index contributed by atoms with van der Waals surface area (Å²) in [7, 11) is -1.32. The quantitative estimate of drug-likeness (QED) is 0.652. The second-order valence-electron chi connectivity index (χ2n) is 6.46. The summed E-state index contributed by atoms with van der Waals surface area (Å²) in [4.78, 5) is 0. The molecule has 0 bridgehead atoms. The minimum atomic E-state index is -1.32. The van der Waals surface area contributed by atoms with Gasteiger partial charge in [-0.2, -0.15) is 0 Å². The number of hydrogen-bond donors (Lipinski definition) is 0. The average Bonchev–Trinajstić information content (AvgIpc) is 3.16. The van der Waals surface area contributed by atoms with E-state index < -0.39 is 8.07 Å². The van der Waals surface area contributed by atoms with E-state index in [-0.39, 0.29) is 0 Å². The molecule has 1 atom stereocenters. The maximum Gasteiger partial charge on any atom is 0.0971 e. The molecule has 2 aliphatic rings. The summed E-state index contributed by atoms with van der Waals surface area (Å²) < 4.78 is 0. The van der Waals surface area contributed by atoms with E-state index in [1.165, 1.54) is 44.2 Å². The number of hydrogen-bond acceptors (Lipinski definition) is 0. The number of unbranched alkanes of at least 4 members (excludes halogenated alkanes) is 1. The van der Waals surface area contributed by atoms with E-state index >= 15 is 0 Å². The van der Waals surface area contributed by atoms with Crippen LogP contribution in [0.5, 0.6) is 0 Å². The number of allylic oxidation sites excluding steroid dienone is 4. The summed E-state index contributed by atoms with van der Waals surface area (Å²) in [5, 5.41) is 1.69. The van der Waals surface area contributed by atoms with E-state index in [1.54, 1.807) is 10.8 Å². The molecule has 0 nitrogen and oxygen atoms in total. The fourth-order valence-electron chi connectivity index (χ4n) is 4.05. The predicted molar refractivity (Wildman–Crippen MR) is 91.2 cm³/mol. The summed E-state index contributed by atoms with van der Waals surface area (Å²) in [6.45, 7) is 2.29. The van der Waals surface area contributed by atoms with Gasteiger partial charge in [0.05, 0.1) is 8.07 Å². The van der Waals surface area contributed by atoms with Gasteiger partial charge in [0.1, 0.15) is 0 Å². The normalized spacial score (nSPS) is 24.1. The molecular formula is C19H26Si. The first-order valence-corrected chi connectivity index (χ1v) is 10.8. The highest BCUT2D eigenvalue weighted by molar-refractivity contribution is 6.94. The topological polar surface area (TPSA) is 0 Å². The Morgan fingerprint density at radius 1 is 1.10 bits per heavy atom. The third-order valence-corrected chi connectivity index (χ3v) is 10.8. The molecule has 1 heterocycles. The van der Waals surface area contributed by atoms with Crippen LogP contribution in [0, 0.1) is 0 Å². The Morgan fingerprint density at radius 3 is 2.55 bits per heavy atom. The van der Waals surface area contributed by atoms with Crippen LogP contribution in [0.3, 0.4) is 0 Å². The molecule has 20 heavy (non-hydrogen) atoms. The fraction of sp³-hybridized carbons (Fsp3) is 0.474. The number of rotatable bonds is 5. The lowest BCUT2D eigenvalue weighted by molar-refractivity contribution is 0.798. The highest BCUT2D eigenvalue weighted by Crippen LogP contribution is 2.43. The van der Waals surface area contributed by atoms with Crippen molar-refractivity contribution >= 4 is 13.3 Å². The summed E-state index contributed by atoms with van der Waals surface area (Å²) in [6.07, 6.45) is 14.4. The van der Waals surface area contributed by atoms with Crippen LogP contribution in [0.25, 0.3) is 0 Å². The average molecular weight is 283 g/mol. The van der Waals surface area contributed by atoms with Crippen LogP contribution in [-0.4, -0.2) is 8.07 Å². The van der Waals surface area contributed by atoms with Crippen LogP contribution < -0.4 is 5.19 Å². The zero-order chi connectivity index (χ0) is 13.8. The van der Waals surface area contributed by atoms with Gasteiger partial charge in [-0.25, -0.2) is 0 Å². The van der Waals surface area contributed by atoms with Crippen molar-refractivity contribution in [2.75, 3.05) is 0 Å². The van der Waals surface area contributed by atoms with Crippen LogP contribution in [0.2, 0.25) is 17.6 Å². The van der Waals surface area contributed by atoms with Crippen LogP contribution in [-0.2, 0) is 0 Å². The Balaban J connectivity index is 1.86. The molecule has 1 saturated heterocycles.